The zero-order valence-electron chi connectivity index (χ0n) is 14.4. The SMILES string of the molecule is COc1ncccc1CN1CC2(C[C@H](OCc3ccccn3)CS2)C1. The van der Waals surface area contributed by atoms with Crippen LogP contribution in [0, 0.1) is 0 Å². The van der Waals surface area contributed by atoms with E-state index in [2.05, 4.69) is 32.7 Å². The Morgan fingerprint density at radius 1 is 1.20 bits per heavy atom. The standard InChI is InChI=1S/C19H23N3O2S/c1-23-18-15(5-4-8-21-18)10-22-13-19(14-22)9-17(12-25-19)24-11-16-6-2-3-7-20-16/h2-8,17H,9-14H2,1H3/t17-/m0/s1. The van der Waals surface area contributed by atoms with E-state index >= 15 is 0 Å². The average Bonchev–Trinajstić information content (AvgIpc) is 3.05. The van der Waals surface area contributed by atoms with Gasteiger partial charge in [0.05, 0.1) is 25.5 Å². The zero-order valence-corrected chi connectivity index (χ0v) is 15.2. The fourth-order valence-electron chi connectivity index (χ4n) is 3.67. The molecule has 0 aromatic carbocycles. The molecule has 0 unspecified atom stereocenters. The topological polar surface area (TPSA) is 47.5 Å². The van der Waals surface area contributed by atoms with Gasteiger partial charge in [-0.25, -0.2) is 4.98 Å². The lowest BCUT2D eigenvalue weighted by atomic mass is 9.92. The number of rotatable bonds is 6. The second-order valence-electron chi connectivity index (χ2n) is 6.77. The van der Waals surface area contributed by atoms with Crippen LogP contribution in [0.2, 0.25) is 0 Å². The van der Waals surface area contributed by atoms with E-state index in [1.165, 1.54) is 0 Å². The smallest absolute Gasteiger partial charge is 0.217 e. The molecule has 4 heterocycles. The molecule has 1 spiro atoms. The highest BCUT2D eigenvalue weighted by Crippen LogP contribution is 2.46. The fourth-order valence-corrected chi connectivity index (χ4v) is 5.27. The maximum absolute atomic E-state index is 6.08. The van der Waals surface area contributed by atoms with E-state index in [1.54, 1.807) is 13.3 Å². The van der Waals surface area contributed by atoms with Crippen LogP contribution in [0.5, 0.6) is 5.88 Å². The van der Waals surface area contributed by atoms with Crippen LogP contribution >= 0.6 is 11.8 Å². The van der Waals surface area contributed by atoms with Crippen molar-refractivity contribution in [2.75, 3.05) is 26.0 Å². The molecule has 6 heteroatoms. The van der Waals surface area contributed by atoms with Gasteiger partial charge in [-0.2, -0.15) is 0 Å². The molecule has 2 saturated heterocycles. The third kappa shape index (κ3) is 3.81. The van der Waals surface area contributed by atoms with E-state index in [4.69, 9.17) is 9.47 Å². The van der Waals surface area contributed by atoms with Crippen LogP contribution in [0.15, 0.2) is 42.7 Å². The summed E-state index contributed by atoms with van der Waals surface area (Å²) in [4.78, 5) is 11.1. The molecule has 25 heavy (non-hydrogen) atoms. The minimum Gasteiger partial charge on any atom is -0.481 e. The van der Waals surface area contributed by atoms with Gasteiger partial charge < -0.3 is 9.47 Å². The summed E-state index contributed by atoms with van der Waals surface area (Å²) in [6, 6.07) is 10.0. The van der Waals surface area contributed by atoms with Gasteiger partial charge in [-0.3, -0.25) is 9.88 Å². The highest BCUT2D eigenvalue weighted by atomic mass is 32.2. The van der Waals surface area contributed by atoms with Crippen LogP contribution in [-0.2, 0) is 17.9 Å². The Hall–Kier alpha value is -1.63. The van der Waals surface area contributed by atoms with Crippen LogP contribution in [0.4, 0.5) is 0 Å². The number of pyridine rings is 2. The van der Waals surface area contributed by atoms with Crippen molar-refractivity contribution >= 4 is 11.8 Å². The van der Waals surface area contributed by atoms with E-state index < -0.39 is 0 Å². The molecule has 4 rings (SSSR count). The van der Waals surface area contributed by atoms with Crippen molar-refractivity contribution < 1.29 is 9.47 Å². The van der Waals surface area contributed by atoms with Gasteiger partial charge in [-0.1, -0.05) is 12.1 Å². The Bertz CT molecular complexity index is 707. The molecule has 2 fully saturated rings. The molecule has 0 bridgehead atoms. The van der Waals surface area contributed by atoms with Crippen LogP contribution in [0.25, 0.3) is 0 Å². The van der Waals surface area contributed by atoms with Gasteiger partial charge in [0.25, 0.3) is 0 Å². The lowest BCUT2D eigenvalue weighted by molar-refractivity contribution is 0.0249. The average molecular weight is 357 g/mol. The maximum Gasteiger partial charge on any atom is 0.217 e. The summed E-state index contributed by atoms with van der Waals surface area (Å²) in [5.74, 6) is 1.82. The number of nitrogens with zero attached hydrogens (tertiary/aromatic N) is 3. The summed E-state index contributed by atoms with van der Waals surface area (Å²) in [5, 5.41) is 0. The lowest BCUT2D eigenvalue weighted by Crippen LogP contribution is -2.58. The Kier molecular flexibility index (Phi) is 4.92. The van der Waals surface area contributed by atoms with Gasteiger partial charge in [0.2, 0.25) is 5.88 Å². The van der Waals surface area contributed by atoms with Crippen molar-refractivity contribution in [2.24, 2.45) is 0 Å². The first-order valence-electron chi connectivity index (χ1n) is 8.62. The largest absolute Gasteiger partial charge is 0.481 e. The molecule has 2 aromatic heterocycles. The molecular weight excluding hydrogens is 334 g/mol. The Balaban J connectivity index is 1.26. The van der Waals surface area contributed by atoms with Crippen LogP contribution in [-0.4, -0.2) is 51.7 Å². The minimum absolute atomic E-state index is 0.335. The molecule has 0 saturated carbocycles. The Morgan fingerprint density at radius 3 is 2.88 bits per heavy atom. The first kappa shape index (κ1) is 16.8. The van der Waals surface area contributed by atoms with Gasteiger partial charge in [0, 0.05) is 48.1 Å². The number of hydrogen-bond donors (Lipinski definition) is 0. The number of methoxy groups -OCH3 is 1. The second kappa shape index (κ2) is 7.32. The molecule has 0 radical (unpaired) electrons. The maximum atomic E-state index is 6.08. The molecule has 132 valence electrons. The van der Waals surface area contributed by atoms with Gasteiger partial charge in [0.1, 0.15) is 0 Å². The van der Waals surface area contributed by atoms with Gasteiger partial charge >= 0.3 is 0 Å². The fraction of sp³-hybridized carbons (Fsp3) is 0.474. The van der Waals surface area contributed by atoms with Crippen molar-refractivity contribution in [2.45, 2.75) is 30.4 Å². The summed E-state index contributed by atoms with van der Waals surface area (Å²) in [5.41, 5.74) is 2.16. The first-order valence-corrected chi connectivity index (χ1v) is 9.61. The molecule has 5 nitrogen and oxygen atoms in total. The number of ether oxygens (including phenoxy) is 2. The monoisotopic (exact) mass is 357 g/mol. The summed E-state index contributed by atoms with van der Waals surface area (Å²) >= 11 is 2.07. The minimum atomic E-state index is 0.335. The predicted octanol–water partition coefficient (Wildman–Crippen LogP) is 2.76. The Labute approximate surface area is 152 Å². The van der Waals surface area contributed by atoms with E-state index in [-0.39, 0.29) is 0 Å². The summed E-state index contributed by atoms with van der Waals surface area (Å²) in [6.07, 6.45) is 5.06. The van der Waals surface area contributed by atoms with Crippen molar-refractivity contribution in [3.63, 3.8) is 0 Å². The van der Waals surface area contributed by atoms with E-state index in [1.807, 2.05) is 30.5 Å². The number of aromatic nitrogens is 2. The van der Waals surface area contributed by atoms with Gasteiger partial charge in [-0.05, 0) is 24.6 Å². The normalized spacial score (nSPS) is 22.0. The van der Waals surface area contributed by atoms with Crippen LogP contribution in [0.1, 0.15) is 17.7 Å². The summed E-state index contributed by atoms with van der Waals surface area (Å²) in [6.45, 7) is 3.73. The van der Waals surface area contributed by atoms with Crippen LogP contribution < -0.4 is 4.74 Å². The van der Waals surface area contributed by atoms with Crippen molar-refractivity contribution in [1.29, 1.82) is 0 Å². The number of hydrogen-bond acceptors (Lipinski definition) is 6. The second-order valence-corrected chi connectivity index (χ2v) is 8.26. The quantitative estimate of drug-likeness (QED) is 0.792. The van der Waals surface area contributed by atoms with Crippen molar-refractivity contribution in [3.8, 4) is 5.88 Å². The molecule has 0 amide bonds. The van der Waals surface area contributed by atoms with Crippen molar-refractivity contribution in [3.05, 3.63) is 54.0 Å². The molecule has 2 aromatic rings. The molecule has 0 aliphatic carbocycles. The van der Waals surface area contributed by atoms with Crippen molar-refractivity contribution in [1.82, 2.24) is 14.9 Å². The predicted molar refractivity (Wildman–Crippen MR) is 98.7 cm³/mol. The highest BCUT2D eigenvalue weighted by molar-refractivity contribution is 8.01. The molecule has 1 atom stereocenters. The Morgan fingerprint density at radius 2 is 2.08 bits per heavy atom. The van der Waals surface area contributed by atoms with E-state index in [9.17, 15) is 0 Å². The van der Waals surface area contributed by atoms with Gasteiger partial charge in [0.15, 0.2) is 0 Å². The number of thioether (sulfide) groups is 1. The van der Waals surface area contributed by atoms with Crippen LogP contribution in [0.3, 0.4) is 0 Å². The molecular formula is C19H23N3O2S. The highest BCUT2D eigenvalue weighted by Gasteiger charge is 2.49. The van der Waals surface area contributed by atoms with E-state index in [0.717, 1.165) is 48.9 Å². The summed E-state index contributed by atoms with van der Waals surface area (Å²) in [7, 11) is 1.68. The zero-order chi connectivity index (χ0) is 17.1. The van der Waals surface area contributed by atoms with Gasteiger partial charge in [-0.15, -0.1) is 11.8 Å². The third-order valence-electron chi connectivity index (χ3n) is 4.83. The molecule has 2 aliphatic heterocycles. The molecule has 2 aliphatic rings. The van der Waals surface area contributed by atoms with E-state index in [0.29, 0.717) is 17.5 Å². The lowest BCUT2D eigenvalue weighted by Gasteiger charge is -2.47. The summed E-state index contributed by atoms with van der Waals surface area (Å²) < 4.78 is 11.8. The first-order chi connectivity index (χ1) is 12.3. The molecule has 0 N–H and O–H groups in total. The number of likely N-dealkylation sites (tertiary alicyclic amines) is 1. The third-order valence-corrected chi connectivity index (χ3v) is 6.40.